The van der Waals surface area contributed by atoms with Crippen molar-refractivity contribution < 1.29 is 9.52 Å². The van der Waals surface area contributed by atoms with E-state index in [4.69, 9.17) is 9.52 Å². The van der Waals surface area contributed by atoms with Gasteiger partial charge in [-0.25, -0.2) is 0 Å². The van der Waals surface area contributed by atoms with Crippen LogP contribution < -0.4 is 0 Å². The molecular formula is C15H16BrNO2. The monoisotopic (exact) mass is 321 g/mol. The number of halogens is 1. The first kappa shape index (κ1) is 12.9. The summed E-state index contributed by atoms with van der Waals surface area (Å²) in [5, 5.41) is 8.99. The Morgan fingerprint density at radius 2 is 1.89 bits per heavy atom. The zero-order valence-corrected chi connectivity index (χ0v) is 12.1. The Morgan fingerprint density at radius 3 is 2.58 bits per heavy atom. The first-order valence-corrected chi connectivity index (χ1v) is 7.22. The van der Waals surface area contributed by atoms with Crippen LogP contribution >= 0.6 is 15.9 Å². The van der Waals surface area contributed by atoms with E-state index >= 15 is 0 Å². The molecule has 0 amide bonds. The van der Waals surface area contributed by atoms with Crippen LogP contribution in [0.1, 0.15) is 5.76 Å². The predicted molar refractivity (Wildman–Crippen MR) is 77.7 cm³/mol. The number of hydrogen-bond donors (Lipinski definition) is 1. The van der Waals surface area contributed by atoms with Gasteiger partial charge in [0.1, 0.15) is 11.5 Å². The van der Waals surface area contributed by atoms with Crippen LogP contribution in [0.4, 0.5) is 0 Å². The lowest BCUT2D eigenvalue weighted by atomic mass is 10.0. The molecule has 3 nitrogen and oxygen atoms in total. The van der Waals surface area contributed by atoms with Gasteiger partial charge in [-0.1, -0.05) is 28.1 Å². The summed E-state index contributed by atoms with van der Waals surface area (Å²) in [6.45, 7) is 3.04. The highest BCUT2D eigenvalue weighted by atomic mass is 79.9. The molecule has 0 atom stereocenters. The fourth-order valence-corrected chi connectivity index (χ4v) is 2.64. The van der Waals surface area contributed by atoms with Crippen molar-refractivity contribution in [1.82, 2.24) is 4.90 Å². The highest BCUT2D eigenvalue weighted by molar-refractivity contribution is 9.10. The Labute approximate surface area is 121 Å². The van der Waals surface area contributed by atoms with Gasteiger partial charge in [0.05, 0.1) is 6.54 Å². The number of rotatable bonds is 4. The van der Waals surface area contributed by atoms with Crippen molar-refractivity contribution in [3.05, 3.63) is 46.6 Å². The van der Waals surface area contributed by atoms with Crippen molar-refractivity contribution >= 4 is 15.9 Å². The summed E-state index contributed by atoms with van der Waals surface area (Å²) < 4.78 is 6.93. The molecule has 100 valence electrons. The van der Waals surface area contributed by atoms with Crippen LogP contribution in [0, 0.1) is 5.92 Å². The van der Waals surface area contributed by atoms with Crippen LogP contribution in [0.3, 0.4) is 0 Å². The van der Waals surface area contributed by atoms with Gasteiger partial charge in [-0.05, 0) is 24.3 Å². The molecule has 1 fully saturated rings. The molecule has 19 heavy (non-hydrogen) atoms. The van der Waals surface area contributed by atoms with Crippen molar-refractivity contribution in [2.45, 2.75) is 6.54 Å². The van der Waals surface area contributed by atoms with Gasteiger partial charge in [0, 0.05) is 35.7 Å². The molecule has 1 N–H and O–H groups in total. The van der Waals surface area contributed by atoms with Crippen LogP contribution in [0.25, 0.3) is 11.3 Å². The Bertz CT molecular complexity index is 544. The maximum atomic E-state index is 8.99. The normalized spacial score (nSPS) is 16.5. The molecule has 2 heterocycles. The zero-order chi connectivity index (χ0) is 13.2. The standard InChI is InChI=1S/C15H16BrNO2/c16-13-3-1-12(2-4-13)15-6-5-14(19-15)9-17-7-11(8-17)10-18/h1-6,11,18H,7-10H2. The second-order valence-electron chi connectivity index (χ2n) is 5.02. The quantitative estimate of drug-likeness (QED) is 0.939. The van der Waals surface area contributed by atoms with Crippen LogP contribution in [0.2, 0.25) is 0 Å². The van der Waals surface area contributed by atoms with Gasteiger partial charge in [0.2, 0.25) is 0 Å². The van der Waals surface area contributed by atoms with Crippen molar-refractivity contribution in [2.75, 3.05) is 19.7 Å². The molecule has 1 aromatic carbocycles. The van der Waals surface area contributed by atoms with E-state index in [1.807, 2.05) is 36.4 Å². The molecule has 0 spiro atoms. The average molecular weight is 322 g/mol. The Balaban J connectivity index is 1.65. The summed E-state index contributed by atoms with van der Waals surface area (Å²) in [5.41, 5.74) is 1.09. The lowest BCUT2D eigenvalue weighted by Gasteiger charge is -2.37. The SMILES string of the molecule is OCC1CN(Cc2ccc(-c3ccc(Br)cc3)o2)C1. The Hall–Kier alpha value is -1.10. The van der Waals surface area contributed by atoms with Gasteiger partial charge in [0.25, 0.3) is 0 Å². The van der Waals surface area contributed by atoms with E-state index in [0.717, 1.165) is 41.2 Å². The molecule has 0 radical (unpaired) electrons. The summed E-state index contributed by atoms with van der Waals surface area (Å²) in [5.74, 6) is 2.33. The summed E-state index contributed by atoms with van der Waals surface area (Å²) >= 11 is 3.43. The van der Waals surface area contributed by atoms with Crippen LogP contribution in [0.5, 0.6) is 0 Å². The third-order valence-corrected chi connectivity index (χ3v) is 3.99. The molecule has 0 bridgehead atoms. The molecule has 2 aromatic rings. The summed E-state index contributed by atoms with van der Waals surface area (Å²) in [4.78, 5) is 2.28. The smallest absolute Gasteiger partial charge is 0.134 e. The van der Waals surface area contributed by atoms with Crippen molar-refractivity contribution in [2.24, 2.45) is 5.92 Å². The van der Waals surface area contributed by atoms with Crippen LogP contribution in [0.15, 0.2) is 45.3 Å². The van der Waals surface area contributed by atoms with E-state index in [1.165, 1.54) is 0 Å². The van der Waals surface area contributed by atoms with Gasteiger partial charge in [0.15, 0.2) is 0 Å². The highest BCUT2D eigenvalue weighted by Gasteiger charge is 2.26. The van der Waals surface area contributed by atoms with E-state index in [0.29, 0.717) is 12.5 Å². The summed E-state index contributed by atoms with van der Waals surface area (Å²) in [7, 11) is 0. The maximum absolute atomic E-state index is 8.99. The minimum Gasteiger partial charge on any atom is -0.460 e. The molecule has 0 saturated carbocycles. The van der Waals surface area contributed by atoms with E-state index in [9.17, 15) is 0 Å². The largest absolute Gasteiger partial charge is 0.460 e. The second-order valence-corrected chi connectivity index (χ2v) is 5.93. The first-order valence-electron chi connectivity index (χ1n) is 6.42. The van der Waals surface area contributed by atoms with Gasteiger partial charge in [-0.3, -0.25) is 4.90 Å². The Morgan fingerprint density at radius 1 is 1.16 bits per heavy atom. The molecule has 1 aromatic heterocycles. The average Bonchev–Trinajstić information content (AvgIpc) is 2.82. The van der Waals surface area contributed by atoms with Crippen molar-refractivity contribution in [1.29, 1.82) is 0 Å². The molecule has 1 saturated heterocycles. The minimum atomic E-state index is 0.290. The lowest BCUT2D eigenvalue weighted by Crippen LogP contribution is -2.47. The number of nitrogens with zero attached hydrogens (tertiary/aromatic N) is 1. The zero-order valence-electron chi connectivity index (χ0n) is 10.6. The highest BCUT2D eigenvalue weighted by Crippen LogP contribution is 2.26. The fraction of sp³-hybridized carbons (Fsp3) is 0.333. The van der Waals surface area contributed by atoms with Crippen LogP contribution in [-0.2, 0) is 6.54 Å². The van der Waals surface area contributed by atoms with E-state index < -0.39 is 0 Å². The third kappa shape index (κ3) is 2.91. The number of benzene rings is 1. The van der Waals surface area contributed by atoms with E-state index in [-0.39, 0.29) is 0 Å². The minimum absolute atomic E-state index is 0.290. The third-order valence-electron chi connectivity index (χ3n) is 3.46. The van der Waals surface area contributed by atoms with E-state index in [2.05, 4.69) is 20.8 Å². The van der Waals surface area contributed by atoms with Crippen molar-refractivity contribution in [3.63, 3.8) is 0 Å². The summed E-state index contributed by atoms with van der Waals surface area (Å²) in [6.07, 6.45) is 0. The molecule has 3 rings (SSSR count). The number of aliphatic hydroxyl groups excluding tert-OH is 1. The van der Waals surface area contributed by atoms with Crippen molar-refractivity contribution in [3.8, 4) is 11.3 Å². The number of furan rings is 1. The van der Waals surface area contributed by atoms with E-state index in [1.54, 1.807) is 0 Å². The first-order chi connectivity index (χ1) is 9.24. The lowest BCUT2D eigenvalue weighted by molar-refractivity contribution is 0.0431. The number of aliphatic hydroxyl groups is 1. The predicted octanol–water partition coefficient (Wildman–Crippen LogP) is 3.13. The second kappa shape index (κ2) is 5.49. The van der Waals surface area contributed by atoms with Crippen LogP contribution in [-0.4, -0.2) is 29.7 Å². The van der Waals surface area contributed by atoms with Gasteiger partial charge < -0.3 is 9.52 Å². The Kier molecular flexibility index (Phi) is 3.73. The van der Waals surface area contributed by atoms with Gasteiger partial charge in [-0.15, -0.1) is 0 Å². The molecular weight excluding hydrogens is 306 g/mol. The molecule has 1 aliphatic heterocycles. The fourth-order valence-electron chi connectivity index (χ4n) is 2.37. The summed E-state index contributed by atoms with van der Waals surface area (Å²) in [6, 6.07) is 12.2. The maximum Gasteiger partial charge on any atom is 0.134 e. The number of hydrogen-bond acceptors (Lipinski definition) is 3. The molecule has 4 heteroatoms. The topological polar surface area (TPSA) is 36.6 Å². The number of likely N-dealkylation sites (tertiary alicyclic amines) is 1. The van der Waals surface area contributed by atoms with Gasteiger partial charge in [-0.2, -0.15) is 0 Å². The molecule has 0 aliphatic carbocycles. The molecule has 0 unspecified atom stereocenters. The molecule has 1 aliphatic rings. The van der Waals surface area contributed by atoms with Gasteiger partial charge >= 0.3 is 0 Å².